The van der Waals surface area contributed by atoms with Crippen LogP contribution in [0.1, 0.15) is 5.56 Å². The van der Waals surface area contributed by atoms with Crippen molar-refractivity contribution in [3.8, 4) is 0 Å². The topological polar surface area (TPSA) is 58.4 Å². The molecule has 0 saturated heterocycles. The lowest BCUT2D eigenvalue weighted by Gasteiger charge is -2.17. The first-order chi connectivity index (χ1) is 10.0. The molecule has 5 heteroatoms. The van der Waals surface area contributed by atoms with Gasteiger partial charge in [-0.25, -0.2) is 0 Å². The maximum atomic E-state index is 12.0. The SMILES string of the molecule is CN(CC(=O)Nc1cccc(Cl)c1)Cc1ccccc1N. The molecule has 0 atom stereocenters. The Hall–Kier alpha value is -2.04. The Morgan fingerprint density at radius 1 is 1.24 bits per heavy atom. The Bertz CT molecular complexity index is 630. The number of hydrogen-bond donors (Lipinski definition) is 2. The highest BCUT2D eigenvalue weighted by atomic mass is 35.5. The van der Waals surface area contributed by atoms with E-state index in [-0.39, 0.29) is 12.5 Å². The number of benzene rings is 2. The lowest BCUT2D eigenvalue weighted by molar-refractivity contribution is -0.117. The molecule has 0 aliphatic carbocycles. The smallest absolute Gasteiger partial charge is 0.238 e. The highest BCUT2D eigenvalue weighted by Crippen LogP contribution is 2.15. The van der Waals surface area contributed by atoms with E-state index in [1.54, 1.807) is 24.3 Å². The first kappa shape index (κ1) is 15.4. The maximum Gasteiger partial charge on any atom is 0.238 e. The van der Waals surface area contributed by atoms with E-state index in [4.69, 9.17) is 17.3 Å². The van der Waals surface area contributed by atoms with Gasteiger partial charge in [-0.2, -0.15) is 0 Å². The van der Waals surface area contributed by atoms with Gasteiger partial charge in [-0.05, 0) is 36.9 Å². The number of anilines is 2. The number of carbonyl (C=O) groups is 1. The summed E-state index contributed by atoms with van der Waals surface area (Å²) in [5.74, 6) is -0.0886. The summed E-state index contributed by atoms with van der Waals surface area (Å²) in [5, 5.41) is 3.41. The largest absolute Gasteiger partial charge is 0.398 e. The molecule has 2 rings (SSSR count). The molecule has 0 spiro atoms. The van der Waals surface area contributed by atoms with Gasteiger partial charge in [0.05, 0.1) is 6.54 Å². The van der Waals surface area contributed by atoms with Crippen LogP contribution in [0, 0.1) is 0 Å². The summed E-state index contributed by atoms with van der Waals surface area (Å²) in [7, 11) is 1.88. The predicted octanol–water partition coefficient (Wildman–Crippen LogP) is 2.99. The van der Waals surface area contributed by atoms with Gasteiger partial charge in [0, 0.05) is 22.9 Å². The van der Waals surface area contributed by atoms with Crippen LogP contribution in [0.3, 0.4) is 0 Å². The number of nitrogens with zero attached hydrogens (tertiary/aromatic N) is 1. The average Bonchev–Trinajstić information content (AvgIpc) is 2.41. The molecule has 3 N–H and O–H groups in total. The van der Waals surface area contributed by atoms with Gasteiger partial charge in [0.1, 0.15) is 0 Å². The van der Waals surface area contributed by atoms with E-state index in [9.17, 15) is 4.79 Å². The minimum atomic E-state index is -0.0886. The van der Waals surface area contributed by atoms with Gasteiger partial charge in [-0.15, -0.1) is 0 Å². The fraction of sp³-hybridized carbons (Fsp3) is 0.188. The van der Waals surface area contributed by atoms with Crippen LogP contribution in [0.25, 0.3) is 0 Å². The van der Waals surface area contributed by atoms with E-state index in [1.807, 2.05) is 36.2 Å². The number of carbonyl (C=O) groups excluding carboxylic acids is 1. The molecule has 0 fully saturated rings. The Balaban J connectivity index is 1.89. The van der Waals surface area contributed by atoms with Crippen LogP contribution in [0.2, 0.25) is 5.02 Å². The average molecular weight is 304 g/mol. The number of nitrogens with two attached hydrogens (primary N) is 1. The fourth-order valence-electron chi connectivity index (χ4n) is 2.04. The van der Waals surface area contributed by atoms with E-state index in [1.165, 1.54) is 0 Å². The zero-order chi connectivity index (χ0) is 15.2. The molecule has 0 aromatic heterocycles. The van der Waals surface area contributed by atoms with Crippen LogP contribution in [-0.2, 0) is 11.3 Å². The van der Waals surface area contributed by atoms with Crippen molar-refractivity contribution >= 4 is 28.9 Å². The Morgan fingerprint density at radius 3 is 2.71 bits per heavy atom. The van der Waals surface area contributed by atoms with Gasteiger partial charge in [0.25, 0.3) is 0 Å². The molecule has 0 heterocycles. The zero-order valence-corrected chi connectivity index (χ0v) is 12.6. The number of nitrogens with one attached hydrogen (secondary N) is 1. The van der Waals surface area contributed by atoms with Crippen molar-refractivity contribution in [1.29, 1.82) is 0 Å². The number of para-hydroxylation sites is 1. The van der Waals surface area contributed by atoms with Crippen molar-refractivity contribution in [3.63, 3.8) is 0 Å². The summed E-state index contributed by atoms with van der Waals surface area (Å²) in [6.07, 6.45) is 0. The van der Waals surface area contributed by atoms with Gasteiger partial charge >= 0.3 is 0 Å². The third-order valence-electron chi connectivity index (χ3n) is 3.02. The van der Waals surface area contributed by atoms with Crippen molar-refractivity contribution in [3.05, 3.63) is 59.1 Å². The van der Waals surface area contributed by atoms with Gasteiger partial charge in [-0.1, -0.05) is 35.9 Å². The van der Waals surface area contributed by atoms with E-state index in [2.05, 4.69) is 5.32 Å². The number of rotatable bonds is 5. The molecule has 2 aromatic carbocycles. The number of likely N-dealkylation sites (N-methyl/N-ethyl adjacent to an activating group) is 1. The van der Waals surface area contributed by atoms with Gasteiger partial charge in [0.15, 0.2) is 0 Å². The van der Waals surface area contributed by atoms with E-state index >= 15 is 0 Å². The van der Waals surface area contributed by atoms with Crippen LogP contribution >= 0.6 is 11.6 Å². The van der Waals surface area contributed by atoms with E-state index < -0.39 is 0 Å². The number of hydrogen-bond acceptors (Lipinski definition) is 3. The second kappa shape index (κ2) is 7.11. The van der Waals surface area contributed by atoms with Crippen LogP contribution in [0.5, 0.6) is 0 Å². The van der Waals surface area contributed by atoms with E-state index in [0.717, 1.165) is 11.3 Å². The maximum absolute atomic E-state index is 12.0. The first-order valence-corrected chi connectivity index (χ1v) is 7.00. The van der Waals surface area contributed by atoms with Crippen molar-refractivity contribution in [2.75, 3.05) is 24.6 Å². The summed E-state index contributed by atoms with van der Waals surface area (Å²) >= 11 is 5.88. The Kier molecular flexibility index (Phi) is 5.20. The molecular weight excluding hydrogens is 286 g/mol. The summed E-state index contributed by atoms with van der Waals surface area (Å²) in [6.45, 7) is 0.899. The fourth-order valence-corrected chi connectivity index (χ4v) is 2.23. The normalized spacial score (nSPS) is 10.6. The lowest BCUT2D eigenvalue weighted by atomic mass is 10.2. The third-order valence-corrected chi connectivity index (χ3v) is 3.25. The summed E-state index contributed by atoms with van der Waals surface area (Å²) in [5.41, 5.74) is 8.34. The molecule has 0 unspecified atom stereocenters. The molecule has 4 nitrogen and oxygen atoms in total. The number of halogens is 1. The van der Waals surface area contributed by atoms with Gasteiger partial charge < -0.3 is 11.1 Å². The number of nitrogen functional groups attached to an aromatic ring is 1. The molecule has 0 saturated carbocycles. The minimum Gasteiger partial charge on any atom is -0.398 e. The zero-order valence-electron chi connectivity index (χ0n) is 11.8. The minimum absolute atomic E-state index is 0.0886. The second-order valence-electron chi connectivity index (χ2n) is 4.93. The molecule has 0 aliphatic heterocycles. The molecule has 110 valence electrons. The summed E-state index contributed by atoms with van der Waals surface area (Å²) in [6, 6.07) is 14.7. The Labute approximate surface area is 129 Å². The first-order valence-electron chi connectivity index (χ1n) is 6.62. The van der Waals surface area contributed by atoms with Gasteiger partial charge in [0.2, 0.25) is 5.91 Å². The van der Waals surface area contributed by atoms with Crippen molar-refractivity contribution in [1.82, 2.24) is 4.90 Å². The molecule has 2 aromatic rings. The van der Waals surface area contributed by atoms with Gasteiger partial charge in [-0.3, -0.25) is 9.69 Å². The van der Waals surface area contributed by atoms with Crippen LogP contribution in [0.15, 0.2) is 48.5 Å². The van der Waals surface area contributed by atoms with Crippen LogP contribution in [0.4, 0.5) is 11.4 Å². The summed E-state index contributed by atoms with van der Waals surface area (Å²) < 4.78 is 0. The van der Waals surface area contributed by atoms with Crippen LogP contribution < -0.4 is 11.1 Å². The molecule has 0 aliphatic rings. The molecule has 0 radical (unpaired) electrons. The Morgan fingerprint density at radius 2 is 2.00 bits per heavy atom. The molecule has 21 heavy (non-hydrogen) atoms. The van der Waals surface area contributed by atoms with Crippen LogP contribution in [-0.4, -0.2) is 24.4 Å². The molecular formula is C16H18ClN3O. The molecule has 1 amide bonds. The second-order valence-corrected chi connectivity index (χ2v) is 5.37. The number of amides is 1. The standard InChI is InChI=1S/C16H18ClN3O/c1-20(10-12-5-2-3-8-15(12)18)11-16(21)19-14-7-4-6-13(17)9-14/h2-9H,10-11,18H2,1H3,(H,19,21). The highest BCUT2D eigenvalue weighted by Gasteiger charge is 2.09. The molecule has 0 bridgehead atoms. The summed E-state index contributed by atoms with van der Waals surface area (Å²) in [4.78, 5) is 13.9. The predicted molar refractivity (Wildman–Crippen MR) is 87.3 cm³/mol. The van der Waals surface area contributed by atoms with Crippen molar-refractivity contribution < 1.29 is 4.79 Å². The monoisotopic (exact) mass is 303 g/mol. The highest BCUT2D eigenvalue weighted by molar-refractivity contribution is 6.30. The van der Waals surface area contributed by atoms with E-state index in [0.29, 0.717) is 17.3 Å². The quantitative estimate of drug-likeness (QED) is 0.835. The van der Waals surface area contributed by atoms with Crippen molar-refractivity contribution in [2.45, 2.75) is 6.54 Å². The van der Waals surface area contributed by atoms with Crippen molar-refractivity contribution in [2.24, 2.45) is 0 Å². The third kappa shape index (κ3) is 4.77. The lowest BCUT2D eigenvalue weighted by Crippen LogP contribution is -2.30.